The van der Waals surface area contributed by atoms with Gasteiger partial charge in [-0.15, -0.1) is 0 Å². The average molecular weight is 213 g/mol. The summed E-state index contributed by atoms with van der Waals surface area (Å²) < 4.78 is 30.4. The molecule has 0 unspecified atom stereocenters. The van der Waals surface area contributed by atoms with Gasteiger partial charge >= 0.3 is 0 Å². The molecule has 4 nitrogen and oxygen atoms in total. The Bertz CT molecular complexity index is 453. The molecular weight excluding hydrogens is 202 g/mol. The van der Waals surface area contributed by atoms with Crippen molar-refractivity contribution in [2.75, 3.05) is 7.05 Å². The van der Waals surface area contributed by atoms with Crippen LogP contribution in [0.1, 0.15) is 11.1 Å². The fraction of sp³-hybridized carbons (Fsp3) is 0.333. The maximum atomic E-state index is 11.4. The molecule has 0 saturated heterocycles. The van der Waals surface area contributed by atoms with Crippen LogP contribution in [0.25, 0.3) is 0 Å². The van der Waals surface area contributed by atoms with Gasteiger partial charge in [0.2, 0.25) is 10.0 Å². The van der Waals surface area contributed by atoms with Crippen molar-refractivity contribution in [1.82, 2.24) is 4.72 Å². The molecule has 0 bridgehead atoms. The van der Waals surface area contributed by atoms with Crippen LogP contribution in [0.4, 0.5) is 0 Å². The molecule has 0 amide bonds. The van der Waals surface area contributed by atoms with E-state index in [1.165, 1.54) is 7.05 Å². The summed E-state index contributed by atoms with van der Waals surface area (Å²) in [7, 11) is -1.92. The van der Waals surface area contributed by atoms with E-state index >= 15 is 0 Å². The summed E-state index contributed by atoms with van der Waals surface area (Å²) in [6, 6.07) is 5.06. The number of hydrogen-bond acceptors (Lipinski definition) is 3. The van der Waals surface area contributed by atoms with Crippen LogP contribution in [0.3, 0.4) is 0 Å². The smallest absolute Gasteiger partial charge is 0.240 e. The second-order valence-electron chi connectivity index (χ2n) is 3.13. The summed E-state index contributed by atoms with van der Waals surface area (Å²) in [6.07, 6.45) is 0. The third-order valence-corrected chi connectivity index (χ3v) is 3.68. The van der Waals surface area contributed by atoms with Gasteiger partial charge in [-0.1, -0.05) is 6.07 Å². The molecule has 1 aromatic carbocycles. The van der Waals surface area contributed by atoms with E-state index in [1.54, 1.807) is 18.2 Å². The van der Waals surface area contributed by atoms with Gasteiger partial charge in [-0.3, -0.25) is 0 Å². The van der Waals surface area contributed by atoms with E-state index in [1.807, 2.05) is 0 Å². The van der Waals surface area contributed by atoms with Crippen LogP contribution in [-0.4, -0.2) is 15.5 Å². The van der Waals surface area contributed by atoms with E-state index in [0.717, 1.165) is 11.1 Å². The number of fused-ring (bicyclic) bond motifs is 1. The summed E-state index contributed by atoms with van der Waals surface area (Å²) in [4.78, 5) is 0.296. The predicted octanol–water partition coefficient (Wildman–Crippen LogP) is 0.625. The van der Waals surface area contributed by atoms with E-state index in [-0.39, 0.29) is 0 Å². The van der Waals surface area contributed by atoms with E-state index in [2.05, 4.69) is 4.72 Å². The number of hydrogen-bond donors (Lipinski definition) is 1. The van der Waals surface area contributed by atoms with Gasteiger partial charge < -0.3 is 4.74 Å². The molecule has 0 saturated carbocycles. The minimum Gasteiger partial charge on any atom is -0.372 e. The van der Waals surface area contributed by atoms with E-state index < -0.39 is 10.0 Å². The van der Waals surface area contributed by atoms with Crippen molar-refractivity contribution in [1.29, 1.82) is 0 Å². The maximum Gasteiger partial charge on any atom is 0.240 e. The highest BCUT2D eigenvalue weighted by Crippen LogP contribution is 2.22. The first kappa shape index (κ1) is 9.64. The van der Waals surface area contributed by atoms with Crippen molar-refractivity contribution in [3.63, 3.8) is 0 Å². The predicted molar refractivity (Wildman–Crippen MR) is 51.2 cm³/mol. The molecule has 2 rings (SSSR count). The van der Waals surface area contributed by atoms with Crippen LogP contribution in [0, 0.1) is 0 Å². The van der Waals surface area contributed by atoms with E-state index in [4.69, 9.17) is 4.74 Å². The first-order chi connectivity index (χ1) is 6.63. The zero-order chi connectivity index (χ0) is 10.2. The Morgan fingerprint density at radius 2 is 2.00 bits per heavy atom. The van der Waals surface area contributed by atoms with Crippen molar-refractivity contribution in [3.05, 3.63) is 29.3 Å². The van der Waals surface area contributed by atoms with Crippen LogP contribution >= 0.6 is 0 Å². The number of nitrogens with one attached hydrogen (secondary N) is 1. The molecule has 0 atom stereocenters. The summed E-state index contributed by atoms with van der Waals surface area (Å²) in [5, 5.41) is 0. The SMILES string of the molecule is CNS(=O)(=O)c1ccc2c(c1)COC2. The topological polar surface area (TPSA) is 55.4 Å². The number of sulfonamides is 1. The lowest BCUT2D eigenvalue weighted by molar-refractivity contribution is 0.134. The first-order valence-electron chi connectivity index (χ1n) is 4.26. The molecule has 0 spiro atoms. The molecule has 0 radical (unpaired) electrons. The molecular formula is C9H11NO3S. The molecule has 14 heavy (non-hydrogen) atoms. The Balaban J connectivity index is 2.48. The van der Waals surface area contributed by atoms with Crippen LogP contribution in [0.15, 0.2) is 23.1 Å². The molecule has 1 aliphatic rings. The Morgan fingerprint density at radius 3 is 2.71 bits per heavy atom. The normalized spacial score (nSPS) is 15.5. The highest BCUT2D eigenvalue weighted by Gasteiger charge is 2.16. The van der Waals surface area contributed by atoms with E-state index in [9.17, 15) is 8.42 Å². The molecule has 5 heteroatoms. The minimum absolute atomic E-state index is 0.296. The maximum absolute atomic E-state index is 11.4. The van der Waals surface area contributed by atoms with Gasteiger partial charge in [-0.25, -0.2) is 13.1 Å². The second kappa shape index (κ2) is 3.34. The summed E-state index contributed by atoms with van der Waals surface area (Å²) in [5.74, 6) is 0. The molecule has 0 aromatic heterocycles. The van der Waals surface area contributed by atoms with Gasteiger partial charge in [0.15, 0.2) is 0 Å². The molecule has 76 valence electrons. The standard InChI is InChI=1S/C9H11NO3S/c1-10-14(11,12)9-3-2-7-5-13-6-8(7)4-9/h2-4,10H,5-6H2,1H3. The second-order valence-corrected chi connectivity index (χ2v) is 5.02. The number of rotatable bonds is 2. The van der Waals surface area contributed by atoms with Crippen LogP contribution in [0.2, 0.25) is 0 Å². The first-order valence-corrected chi connectivity index (χ1v) is 5.75. The van der Waals surface area contributed by atoms with Crippen LogP contribution in [0.5, 0.6) is 0 Å². The van der Waals surface area contributed by atoms with Crippen molar-refractivity contribution in [2.24, 2.45) is 0 Å². The van der Waals surface area contributed by atoms with Gasteiger partial charge in [-0.05, 0) is 30.3 Å². The Labute approximate surface area is 82.9 Å². The van der Waals surface area contributed by atoms with Crippen LogP contribution < -0.4 is 4.72 Å². The average Bonchev–Trinajstić information content (AvgIpc) is 2.64. The Kier molecular flexibility index (Phi) is 2.30. The molecule has 1 aromatic rings. The lowest BCUT2D eigenvalue weighted by Crippen LogP contribution is -2.18. The largest absolute Gasteiger partial charge is 0.372 e. The summed E-state index contributed by atoms with van der Waals surface area (Å²) in [5.41, 5.74) is 2.03. The minimum atomic E-state index is -3.33. The van der Waals surface area contributed by atoms with Gasteiger partial charge in [-0.2, -0.15) is 0 Å². The van der Waals surface area contributed by atoms with Crippen LogP contribution in [-0.2, 0) is 28.0 Å². The quantitative estimate of drug-likeness (QED) is 0.783. The van der Waals surface area contributed by atoms with Crippen molar-refractivity contribution < 1.29 is 13.2 Å². The third-order valence-electron chi connectivity index (χ3n) is 2.27. The number of ether oxygens (including phenoxy) is 1. The summed E-state index contributed by atoms with van der Waals surface area (Å²) in [6.45, 7) is 1.08. The highest BCUT2D eigenvalue weighted by molar-refractivity contribution is 7.89. The lowest BCUT2D eigenvalue weighted by atomic mass is 10.1. The monoisotopic (exact) mass is 213 g/mol. The molecule has 1 aliphatic heterocycles. The molecule has 1 N–H and O–H groups in total. The molecule has 0 aliphatic carbocycles. The fourth-order valence-corrected chi connectivity index (χ4v) is 2.21. The number of benzene rings is 1. The van der Waals surface area contributed by atoms with Gasteiger partial charge in [0.05, 0.1) is 18.1 Å². The van der Waals surface area contributed by atoms with Gasteiger partial charge in [0.25, 0.3) is 0 Å². The van der Waals surface area contributed by atoms with Gasteiger partial charge in [0.1, 0.15) is 0 Å². The fourth-order valence-electron chi connectivity index (χ4n) is 1.43. The lowest BCUT2D eigenvalue weighted by Gasteiger charge is -2.03. The molecule has 0 fully saturated rings. The zero-order valence-electron chi connectivity index (χ0n) is 7.78. The Hall–Kier alpha value is -0.910. The Morgan fingerprint density at radius 1 is 1.29 bits per heavy atom. The van der Waals surface area contributed by atoms with Crippen molar-refractivity contribution in [3.8, 4) is 0 Å². The third kappa shape index (κ3) is 1.54. The summed E-state index contributed by atoms with van der Waals surface area (Å²) >= 11 is 0. The van der Waals surface area contributed by atoms with E-state index in [0.29, 0.717) is 18.1 Å². The van der Waals surface area contributed by atoms with Gasteiger partial charge in [0, 0.05) is 0 Å². The van der Waals surface area contributed by atoms with Crippen molar-refractivity contribution in [2.45, 2.75) is 18.1 Å². The molecule has 1 heterocycles. The zero-order valence-corrected chi connectivity index (χ0v) is 8.60. The highest BCUT2D eigenvalue weighted by atomic mass is 32.2. The van der Waals surface area contributed by atoms with Crippen molar-refractivity contribution >= 4 is 10.0 Å².